The van der Waals surface area contributed by atoms with E-state index >= 15 is 0 Å². The molecule has 21 heavy (non-hydrogen) atoms. The van der Waals surface area contributed by atoms with Crippen molar-refractivity contribution in [2.75, 3.05) is 25.6 Å². The largest absolute Gasteiger partial charge is 0.493 e. The fourth-order valence-corrected chi connectivity index (χ4v) is 2.15. The molecule has 1 saturated heterocycles. The second-order valence-corrected chi connectivity index (χ2v) is 4.78. The van der Waals surface area contributed by atoms with Gasteiger partial charge in [0, 0.05) is 18.2 Å². The summed E-state index contributed by atoms with van der Waals surface area (Å²) < 4.78 is 36.7. The summed E-state index contributed by atoms with van der Waals surface area (Å²) >= 11 is 0. The fourth-order valence-electron chi connectivity index (χ4n) is 2.15. The third kappa shape index (κ3) is 3.81. The van der Waals surface area contributed by atoms with Crippen molar-refractivity contribution in [3.63, 3.8) is 0 Å². The Labute approximate surface area is 121 Å². The normalized spacial score (nSPS) is 20.1. The monoisotopic (exact) mass is 300 g/mol. The molecule has 1 amide bonds. The van der Waals surface area contributed by atoms with E-state index in [2.05, 4.69) is 10.6 Å². The highest BCUT2D eigenvalue weighted by atomic mass is 19.3. The van der Waals surface area contributed by atoms with E-state index in [-0.39, 0.29) is 0 Å². The molecule has 0 aliphatic carbocycles. The highest BCUT2D eigenvalue weighted by Crippen LogP contribution is 2.31. The molecule has 5 nitrogen and oxygen atoms in total. The van der Waals surface area contributed by atoms with E-state index in [0.717, 1.165) is 0 Å². The highest BCUT2D eigenvalue weighted by molar-refractivity contribution is 5.95. The lowest BCUT2D eigenvalue weighted by atomic mass is 10.1. The summed E-state index contributed by atoms with van der Waals surface area (Å²) in [6, 6.07) is 4.00. The van der Waals surface area contributed by atoms with Gasteiger partial charge in [-0.25, -0.2) is 8.78 Å². The van der Waals surface area contributed by atoms with Crippen molar-refractivity contribution in [1.82, 2.24) is 5.32 Å². The van der Waals surface area contributed by atoms with E-state index in [1.165, 1.54) is 7.11 Å². The van der Waals surface area contributed by atoms with Crippen molar-refractivity contribution in [2.45, 2.75) is 25.3 Å². The van der Waals surface area contributed by atoms with Crippen LogP contribution in [0.5, 0.6) is 11.5 Å². The lowest BCUT2D eigenvalue weighted by molar-refractivity contribution is -0.118. The molecule has 1 aliphatic rings. The second kappa shape index (κ2) is 6.26. The van der Waals surface area contributed by atoms with E-state index in [4.69, 9.17) is 9.47 Å². The molecule has 0 saturated carbocycles. The molecule has 0 aromatic heterocycles. The molecule has 1 atom stereocenters. The molecule has 2 rings (SSSR count). The van der Waals surface area contributed by atoms with Crippen LogP contribution in [0.25, 0.3) is 0 Å². The van der Waals surface area contributed by atoms with Crippen LogP contribution >= 0.6 is 0 Å². The predicted octanol–water partition coefficient (Wildman–Crippen LogP) is 2.03. The van der Waals surface area contributed by atoms with Crippen LogP contribution in [0.2, 0.25) is 0 Å². The van der Waals surface area contributed by atoms with Crippen molar-refractivity contribution >= 4 is 11.6 Å². The van der Waals surface area contributed by atoms with E-state index < -0.39 is 30.8 Å². The van der Waals surface area contributed by atoms with Gasteiger partial charge in [-0.1, -0.05) is 0 Å². The first-order valence-electron chi connectivity index (χ1n) is 6.68. The summed E-state index contributed by atoms with van der Waals surface area (Å²) in [7, 11) is 1.49. The maximum absolute atomic E-state index is 13.1. The maximum atomic E-state index is 13.1. The fraction of sp³-hybridized carbons (Fsp3) is 0.500. The standard InChI is InChI=1S/C14H18F2N2O3/c1-3-21-11-5-4-9(6-12(11)20-2)18-13(19)10-7-14(15,16)8-17-10/h4-6,10,17H,3,7-8H2,1-2H3,(H,18,19). The van der Waals surface area contributed by atoms with Gasteiger partial charge in [-0.2, -0.15) is 0 Å². The average Bonchev–Trinajstić information content (AvgIpc) is 2.81. The molecule has 2 N–H and O–H groups in total. The number of nitrogens with one attached hydrogen (secondary N) is 2. The van der Waals surface area contributed by atoms with Crippen molar-refractivity contribution in [3.8, 4) is 11.5 Å². The number of hydrogen-bond donors (Lipinski definition) is 2. The summed E-state index contributed by atoms with van der Waals surface area (Å²) in [5, 5.41) is 5.10. The second-order valence-electron chi connectivity index (χ2n) is 4.78. The van der Waals surface area contributed by atoms with E-state index in [1.54, 1.807) is 18.2 Å². The first kappa shape index (κ1) is 15.5. The SMILES string of the molecule is CCOc1ccc(NC(=O)C2CC(F)(F)CN2)cc1OC. The minimum atomic E-state index is -2.83. The number of rotatable bonds is 5. The number of alkyl halides is 2. The molecule has 0 spiro atoms. The zero-order valence-corrected chi connectivity index (χ0v) is 11.9. The molecule has 0 radical (unpaired) electrons. The number of amides is 1. The molecular formula is C14H18F2N2O3. The number of halogens is 2. The van der Waals surface area contributed by atoms with Gasteiger partial charge < -0.3 is 14.8 Å². The van der Waals surface area contributed by atoms with Gasteiger partial charge in [0.15, 0.2) is 11.5 Å². The van der Waals surface area contributed by atoms with Gasteiger partial charge in [0.05, 0.1) is 26.3 Å². The van der Waals surface area contributed by atoms with E-state index in [0.29, 0.717) is 23.8 Å². The molecule has 0 bridgehead atoms. The molecule has 1 aliphatic heterocycles. The Balaban J connectivity index is 2.04. The third-order valence-electron chi connectivity index (χ3n) is 3.16. The highest BCUT2D eigenvalue weighted by Gasteiger charge is 2.42. The first-order chi connectivity index (χ1) is 9.95. The molecular weight excluding hydrogens is 282 g/mol. The van der Waals surface area contributed by atoms with Crippen LogP contribution in [0.1, 0.15) is 13.3 Å². The number of carbonyl (C=O) groups is 1. The van der Waals surface area contributed by atoms with Crippen molar-refractivity contribution < 1.29 is 23.0 Å². The lowest BCUT2D eigenvalue weighted by Crippen LogP contribution is -2.35. The number of carbonyl (C=O) groups excluding carboxylic acids is 1. The van der Waals surface area contributed by atoms with Crippen molar-refractivity contribution in [1.29, 1.82) is 0 Å². The third-order valence-corrected chi connectivity index (χ3v) is 3.16. The summed E-state index contributed by atoms with van der Waals surface area (Å²) in [6.07, 6.45) is -0.493. The van der Waals surface area contributed by atoms with Gasteiger partial charge in [0.1, 0.15) is 0 Å². The Morgan fingerprint density at radius 1 is 1.48 bits per heavy atom. The smallest absolute Gasteiger partial charge is 0.262 e. The number of anilines is 1. The molecule has 116 valence electrons. The van der Waals surface area contributed by atoms with Crippen LogP contribution < -0.4 is 20.1 Å². The van der Waals surface area contributed by atoms with Gasteiger partial charge in [0.25, 0.3) is 5.92 Å². The molecule has 7 heteroatoms. The van der Waals surface area contributed by atoms with E-state index in [9.17, 15) is 13.6 Å². The summed E-state index contributed by atoms with van der Waals surface area (Å²) in [5.41, 5.74) is 0.470. The van der Waals surface area contributed by atoms with Gasteiger partial charge in [-0.15, -0.1) is 0 Å². The topological polar surface area (TPSA) is 59.6 Å². The van der Waals surface area contributed by atoms with Gasteiger partial charge in [-0.05, 0) is 19.1 Å². The molecule has 1 fully saturated rings. The minimum Gasteiger partial charge on any atom is -0.493 e. The van der Waals surface area contributed by atoms with Crippen molar-refractivity contribution in [3.05, 3.63) is 18.2 Å². The quantitative estimate of drug-likeness (QED) is 0.873. The predicted molar refractivity (Wildman–Crippen MR) is 74.1 cm³/mol. The summed E-state index contributed by atoms with van der Waals surface area (Å²) in [6.45, 7) is 1.86. The van der Waals surface area contributed by atoms with Gasteiger partial charge >= 0.3 is 0 Å². The Morgan fingerprint density at radius 2 is 2.24 bits per heavy atom. The zero-order chi connectivity index (χ0) is 15.5. The Morgan fingerprint density at radius 3 is 2.81 bits per heavy atom. The van der Waals surface area contributed by atoms with Gasteiger partial charge in [0.2, 0.25) is 5.91 Å². The van der Waals surface area contributed by atoms with Gasteiger partial charge in [-0.3, -0.25) is 10.1 Å². The maximum Gasteiger partial charge on any atom is 0.262 e. The first-order valence-corrected chi connectivity index (χ1v) is 6.68. The lowest BCUT2D eigenvalue weighted by Gasteiger charge is -2.14. The zero-order valence-electron chi connectivity index (χ0n) is 11.9. The van der Waals surface area contributed by atoms with Crippen LogP contribution in [0.4, 0.5) is 14.5 Å². The molecule has 1 aromatic rings. The number of hydrogen-bond acceptors (Lipinski definition) is 4. The van der Waals surface area contributed by atoms with Crippen LogP contribution in [0.3, 0.4) is 0 Å². The minimum absolute atomic E-state index is 0.470. The average molecular weight is 300 g/mol. The van der Waals surface area contributed by atoms with Crippen LogP contribution in [-0.2, 0) is 4.79 Å². The van der Waals surface area contributed by atoms with Crippen LogP contribution in [-0.4, -0.2) is 38.1 Å². The Hall–Kier alpha value is -1.89. The van der Waals surface area contributed by atoms with E-state index in [1.807, 2.05) is 6.92 Å². The molecule has 1 aromatic carbocycles. The molecule has 1 heterocycles. The number of benzene rings is 1. The number of methoxy groups -OCH3 is 1. The molecule has 1 unspecified atom stereocenters. The summed E-state index contributed by atoms with van der Waals surface area (Å²) in [5.74, 6) is -2.29. The van der Waals surface area contributed by atoms with Crippen LogP contribution in [0.15, 0.2) is 18.2 Å². The Bertz CT molecular complexity index is 523. The Kier molecular flexibility index (Phi) is 4.62. The van der Waals surface area contributed by atoms with Crippen LogP contribution in [0, 0.1) is 0 Å². The van der Waals surface area contributed by atoms with Crippen molar-refractivity contribution in [2.24, 2.45) is 0 Å². The number of ether oxygens (including phenoxy) is 2. The summed E-state index contributed by atoms with van der Waals surface area (Å²) in [4.78, 5) is 11.9.